The van der Waals surface area contributed by atoms with Crippen molar-refractivity contribution < 1.29 is 9.53 Å². The van der Waals surface area contributed by atoms with Crippen molar-refractivity contribution in [2.75, 3.05) is 24.8 Å². The molecule has 1 amide bonds. The molecule has 0 heterocycles. The Morgan fingerprint density at radius 2 is 2.18 bits per heavy atom. The zero-order valence-corrected chi connectivity index (χ0v) is 12.6. The Hall–Kier alpha value is -0.590. The van der Waals surface area contributed by atoms with E-state index in [1.54, 1.807) is 13.2 Å². The fourth-order valence-corrected chi connectivity index (χ4v) is 2.66. The average molecular weight is 366 g/mol. The second kappa shape index (κ2) is 6.98. The zero-order chi connectivity index (χ0) is 12.8. The number of nitrogen functional groups attached to an aromatic ring is 1. The Labute approximate surface area is 117 Å². The number of ether oxygens (including phenoxy) is 1. The molecule has 0 radical (unpaired) electrons. The second-order valence-electron chi connectivity index (χ2n) is 3.50. The lowest BCUT2D eigenvalue weighted by atomic mass is 10.2. The van der Waals surface area contributed by atoms with Gasteiger partial charge in [0.25, 0.3) is 0 Å². The van der Waals surface area contributed by atoms with Crippen LogP contribution in [0, 0.1) is 0 Å². The fraction of sp³-hybridized carbons (Fsp3) is 0.364. The molecule has 0 aliphatic carbocycles. The predicted octanol–water partition coefficient (Wildman–Crippen LogP) is 3.16. The van der Waals surface area contributed by atoms with E-state index in [1.165, 1.54) is 0 Å². The maximum atomic E-state index is 11.6. The van der Waals surface area contributed by atoms with E-state index in [0.717, 1.165) is 8.95 Å². The number of hydrogen-bond acceptors (Lipinski definition) is 3. The summed E-state index contributed by atoms with van der Waals surface area (Å²) in [6, 6.07) is 3.58. The van der Waals surface area contributed by atoms with Crippen molar-refractivity contribution in [3.8, 4) is 0 Å². The molecule has 1 aromatic carbocycles. The highest BCUT2D eigenvalue weighted by Gasteiger charge is 2.09. The first-order valence-electron chi connectivity index (χ1n) is 5.08. The molecule has 0 fully saturated rings. The van der Waals surface area contributed by atoms with Gasteiger partial charge in [0.05, 0.1) is 11.4 Å². The van der Waals surface area contributed by atoms with Gasteiger partial charge in [-0.05, 0) is 34.5 Å². The van der Waals surface area contributed by atoms with Crippen LogP contribution in [-0.2, 0) is 9.53 Å². The molecule has 3 N–H and O–H groups in total. The number of anilines is 2. The molecule has 0 saturated carbocycles. The number of halogens is 2. The first-order valence-corrected chi connectivity index (χ1v) is 6.66. The smallest absolute Gasteiger partial charge is 0.224 e. The summed E-state index contributed by atoms with van der Waals surface area (Å²) in [5.74, 6) is -0.0724. The standard InChI is InChI=1S/C11H14Br2N2O2/c1-17-4-2-3-10(16)15-11-8(13)5-7(12)6-9(11)14/h5-6H,2-4,14H2,1H3,(H,15,16). The van der Waals surface area contributed by atoms with Gasteiger partial charge in [0, 0.05) is 29.1 Å². The van der Waals surface area contributed by atoms with Crippen LogP contribution in [0.15, 0.2) is 21.1 Å². The molecule has 0 aliphatic rings. The molecule has 0 spiro atoms. The summed E-state index contributed by atoms with van der Waals surface area (Å²) in [6.07, 6.45) is 1.10. The van der Waals surface area contributed by atoms with E-state index < -0.39 is 0 Å². The SMILES string of the molecule is COCCCC(=O)Nc1c(N)cc(Br)cc1Br. The number of benzene rings is 1. The number of rotatable bonds is 5. The van der Waals surface area contributed by atoms with Gasteiger partial charge in [-0.3, -0.25) is 4.79 Å². The Morgan fingerprint density at radius 3 is 2.76 bits per heavy atom. The summed E-state index contributed by atoms with van der Waals surface area (Å²) in [7, 11) is 1.61. The minimum atomic E-state index is -0.0724. The molecule has 94 valence electrons. The fourth-order valence-electron chi connectivity index (χ4n) is 1.30. The summed E-state index contributed by atoms with van der Waals surface area (Å²) in [4.78, 5) is 11.6. The first-order chi connectivity index (χ1) is 8.04. The van der Waals surface area contributed by atoms with Crippen LogP contribution in [-0.4, -0.2) is 19.6 Å². The Kier molecular flexibility index (Phi) is 5.94. The summed E-state index contributed by atoms with van der Waals surface area (Å²) >= 11 is 6.68. The molecule has 6 heteroatoms. The highest BCUT2D eigenvalue weighted by Crippen LogP contribution is 2.32. The van der Waals surface area contributed by atoms with E-state index in [1.807, 2.05) is 6.07 Å². The number of carbonyl (C=O) groups excluding carboxylic acids is 1. The molecular weight excluding hydrogens is 352 g/mol. The first kappa shape index (κ1) is 14.5. The van der Waals surface area contributed by atoms with E-state index >= 15 is 0 Å². The summed E-state index contributed by atoms with van der Waals surface area (Å²) in [6.45, 7) is 0.574. The van der Waals surface area contributed by atoms with Gasteiger partial charge in [0.15, 0.2) is 0 Å². The summed E-state index contributed by atoms with van der Waals surface area (Å²) < 4.78 is 6.50. The lowest BCUT2D eigenvalue weighted by Crippen LogP contribution is -2.13. The van der Waals surface area contributed by atoms with Crippen LogP contribution < -0.4 is 11.1 Å². The van der Waals surface area contributed by atoms with Crippen molar-refractivity contribution in [3.05, 3.63) is 21.1 Å². The normalized spacial score (nSPS) is 10.3. The van der Waals surface area contributed by atoms with Crippen LogP contribution in [0.1, 0.15) is 12.8 Å². The third-order valence-corrected chi connectivity index (χ3v) is 3.19. The number of hydrogen-bond donors (Lipinski definition) is 2. The predicted molar refractivity (Wildman–Crippen MR) is 76.0 cm³/mol. The number of nitrogens with two attached hydrogens (primary N) is 1. The van der Waals surface area contributed by atoms with Crippen LogP contribution >= 0.6 is 31.9 Å². The Balaban J connectivity index is 2.65. The highest BCUT2D eigenvalue weighted by molar-refractivity contribution is 9.11. The molecule has 0 aromatic heterocycles. The number of amides is 1. The van der Waals surface area contributed by atoms with E-state index in [9.17, 15) is 4.79 Å². The minimum Gasteiger partial charge on any atom is -0.397 e. The van der Waals surface area contributed by atoms with Crippen LogP contribution in [0.5, 0.6) is 0 Å². The largest absolute Gasteiger partial charge is 0.397 e. The molecule has 1 aromatic rings. The molecule has 0 bridgehead atoms. The van der Waals surface area contributed by atoms with Crippen molar-refractivity contribution in [1.82, 2.24) is 0 Å². The van der Waals surface area contributed by atoms with Crippen LogP contribution in [0.25, 0.3) is 0 Å². The number of carbonyl (C=O) groups is 1. The van der Waals surface area contributed by atoms with Crippen molar-refractivity contribution in [3.63, 3.8) is 0 Å². The number of methoxy groups -OCH3 is 1. The molecule has 0 unspecified atom stereocenters. The molecule has 4 nitrogen and oxygen atoms in total. The highest BCUT2D eigenvalue weighted by atomic mass is 79.9. The maximum Gasteiger partial charge on any atom is 0.224 e. The number of nitrogens with one attached hydrogen (secondary N) is 1. The minimum absolute atomic E-state index is 0.0724. The quantitative estimate of drug-likeness (QED) is 0.622. The third kappa shape index (κ3) is 4.65. The lowest BCUT2D eigenvalue weighted by molar-refractivity contribution is -0.116. The molecule has 0 aliphatic heterocycles. The van der Waals surface area contributed by atoms with Gasteiger partial charge < -0.3 is 15.8 Å². The summed E-state index contributed by atoms with van der Waals surface area (Å²) in [5, 5.41) is 2.78. The molecule has 0 saturated heterocycles. The van der Waals surface area contributed by atoms with Crippen LogP contribution in [0.2, 0.25) is 0 Å². The molecular formula is C11H14Br2N2O2. The molecule has 17 heavy (non-hydrogen) atoms. The lowest BCUT2D eigenvalue weighted by Gasteiger charge is -2.10. The van der Waals surface area contributed by atoms with E-state index in [0.29, 0.717) is 30.8 Å². The van der Waals surface area contributed by atoms with Gasteiger partial charge in [0.1, 0.15) is 0 Å². The topological polar surface area (TPSA) is 64.3 Å². The van der Waals surface area contributed by atoms with Gasteiger partial charge in [-0.2, -0.15) is 0 Å². The van der Waals surface area contributed by atoms with Crippen molar-refractivity contribution in [2.45, 2.75) is 12.8 Å². The van der Waals surface area contributed by atoms with Crippen molar-refractivity contribution in [1.29, 1.82) is 0 Å². The van der Waals surface area contributed by atoms with Crippen molar-refractivity contribution >= 4 is 49.1 Å². The Morgan fingerprint density at radius 1 is 1.47 bits per heavy atom. The van der Waals surface area contributed by atoms with Gasteiger partial charge in [-0.15, -0.1) is 0 Å². The molecule has 1 rings (SSSR count). The van der Waals surface area contributed by atoms with Gasteiger partial charge in [-0.25, -0.2) is 0 Å². The van der Waals surface area contributed by atoms with Crippen LogP contribution in [0.4, 0.5) is 11.4 Å². The van der Waals surface area contributed by atoms with E-state index in [4.69, 9.17) is 10.5 Å². The zero-order valence-electron chi connectivity index (χ0n) is 9.43. The average Bonchev–Trinajstić information content (AvgIpc) is 2.24. The monoisotopic (exact) mass is 364 g/mol. The maximum absolute atomic E-state index is 11.6. The van der Waals surface area contributed by atoms with Crippen molar-refractivity contribution in [2.24, 2.45) is 0 Å². The van der Waals surface area contributed by atoms with Gasteiger partial charge in [0.2, 0.25) is 5.91 Å². The molecule has 0 atom stereocenters. The third-order valence-electron chi connectivity index (χ3n) is 2.10. The van der Waals surface area contributed by atoms with Crippen LogP contribution in [0.3, 0.4) is 0 Å². The van der Waals surface area contributed by atoms with Gasteiger partial charge >= 0.3 is 0 Å². The Bertz CT molecular complexity index is 387. The van der Waals surface area contributed by atoms with E-state index in [2.05, 4.69) is 37.2 Å². The second-order valence-corrected chi connectivity index (χ2v) is 5.27. The van der Waals surface area contributed by atoms with E-state index in [-0.39, 0.29) is 5.91 Å². The van der Waals surface area contributed by atoms with Gasteiger partial charge in [-0.1, -0.05) is 15.9 Å². The summed E-state index contributed by atoms with van der Waals surface area (Å²) in [5.41, 5.74) is 6.95.